The van der Waals surface area contributed by atoms with Crippen molar-refractivity contribution in [1.82, 2.24) is 10.2 Å². The third kappa shape index (κ3) is 7.29. The molecule has 8 nitrogen and oxygen atoms in total. The van der Waals surface area contributed by atoms with E-state index in [1.165, 1.54) is 29.2 Å². The summed E-state index contributed by atoms with van der Waals surface area (Å²) < 4.78 is 31.2. The molecular formula is C22H29N3O5S. The lowest BCUT2D eigenvalue weighted by Gasteiger charge is -2.22. The van der Waals surface area contributed by atoms with Crippen LogP contribution in [0.1, 0.15) is 29.8 Å². The van der Waals surface area contributed by atoms with Gasteiger partial charge in [0.2, 0.25) is 15.9 Å². The Kier molecular flexibility index (Phi) is 8.04. The molecule has 2 amide bonds. The van der Waals surface area contributed by atoms with Crippen LogP contribution >= 0.6 is 0 Å². The van der Waals surface area contributed by atoms with E-state index in [0.29, 0.717) is 17.0 Å². The Hall–Kier alpha value is -3.07. The third-order valence-corrected chi connectivity index (χ3v) is 5.40. The van der Waals surface area contributed by atoms with Gasteiger partial charge in [0, 0.05) is 26.2 Å². The van der Waals surface area contributed by atoms with Crippen LogP contribution in [-0.2, 0) is 21.4 Å². The van der Waals surface area contributed by atoms with Crippen molar-refractivity contribution in [2.24, 2.45) is 0 Å². The van der Waals surface area contributed by atoms with E-state index in [9.17, 15) is 18.0 Å². The largest absolute Gasteiger partial charge is 0.491 e. The number of anilines is 1. The van der Waals surface area contributed by atoms with Crippen molar-refractivity contribution in [2.75, 3.05) is 31.2 Å². The minimum atomic E-state index is -3.71. The topological polar surface area (TPSA) is 96.0 Å². The molecule has 0 aliphatic carbocycles. The molecule has 2 aromatic carbocycles. The van der Waals surface area contributed by atoms with Gasteiger partial charge in [0.25, 0.3) is 5.91 Å². The fourth-order valence-corrected chi connectivity index (χ4v) is 3.67. The van der Waals surface area contributed by atoms with E-state index < -0.39 is 15.9 Å². The fourth-order valence-electron chi connectivity index (χ4n) is 2.82. The number of carbonyl (C=O) groups excluding carboxylic acids is 2. The number of amides is 2. The number of ether oxygens (including phenoxy) is 1. The molecule has 0 spiro atoms. The summed E-state index contributed by atoms with van der Waals surface area (Å²) in [4.78, 5) is 25.9. The molecule has 0 aliphatic heterocycles. The maximum atomic E-state index is 12.5. The molecular weight excluding hydrogens is 418 g/mol. The van der Waals surface area contributed by atoms with Crippen LogP contribution in [0.15, 0.2) is 48.5 Å². The Morgan fingerprint density at radius 3 is 2.26 bits per heavy atom. The Labute approximate surface area is 183 Å². The van der Waals surface area contributed by atoms with Gasteiger partial charge >= 0.3 is 0 Å². The van der Waals surface area contributed by atoms with E-state index in [-0.39, 0.29) is 25.1 Å². The summed E-state index contributed by atoms with van der Waals surface area (Å²) in [5.74, 6) is 0.0554. The van der Waals surface area contributed by atoms with Gasteiger partial charge in [-0.25, -0.2) is 8.42 Å². The molecule has 0 saturated carbocycles. The Morgan fingerprint density at radius 2 is 1.71 bits per heavy atom. The minimum absolute atomic E-state index is 0.0348. The number of nitrogens with zero attached hydrogens (tertiary/aromatic N) is 2. The van der Waals surface area contributed by atoms with Gasteiger partial charge in [0.1, 0.15) is 12.3 Å². The Morgan fingerprint density at radius 1 is 1.06 bits per heavy atom. The van der Waals surface area contributed by atoms with E-state index in [2.05, 4.69) is 5.32 Å². The monoisotopic (exact) mass is 447 g/mol. The molecule has 2 rings (SSSR count). The van der Waals surface area contributed by atoms with Crippen LogP contribution in [-0.4, -0.2) is 58.1 Å². The minimum Gasteiger partial charge on any atom is -0.491 e. The van der Waals surface area contributed by atoms with Crippen LogP contribution in [0.2, 0.25) is 0 Å². The molecule has 0 radical (unpaired) electrons. The lowest BCUT2D eigenvalue weighted by Crippen LogP contribution is -2.40. The van der Waals surface area contributed by atoms with Gasteiger partial charge in [0.15, 0.2) is 0 Å². The van der Waals surface area contributed by atoms with Crippen LogP contribution in [0.3, 0.4) is 0 Å². The zero-order chi connectivity index (χ0) is 23.2. The van der Waals surface area contributed by atoms with E-state index in [1.807, 2.05) is 38.1 Å². The molecule has 0 atom stereocenters. The number of hydrogen-bond donors (Lipinski definition) is 1. The molecule has 0 heterocycles. The quantitative estimate of drug-likeness (QED) is 0.636. The molecule has 0 unspecified atom stereocenters. The maximum absolute atomic E-state index is 12.5. The lowest BCUT2D eigenvalue weighted by molar-refractivity contribution is -0.119. The van der Waals surface area contributed by atoms with E-state index >= 15 is 0 Å². The predicted octanol–water partition coefficient (Wildman–Crippen LogP) is 2.26. The number of sulfonamides is 1. The highest BCUT2D eigenvalue weighted by Gasteiger charge is 2.21. The van der Waals surface area contributed by atoms with Crippen molar-refractivity contribution in [3.63, 3.8) is 0 Å². The summed E-state index contributed by atoms with van der Waals surface area (Å²) in [6.45, 7) is 3.72. The second-order valence-electron chi connectivity index (χ2n) is 7.61. The van der Waals surface area contributed by atoms with Gasteiger partial charge in [-0.15, -0.1) is 0 Å². The summed E-state index contributed by atoms with van der Waals surface area (Å²) in [6, 6.07) is 13.4. The maximum Gasteiger partial charge on any atom is 0.253 e. The summed E-state index contributed by atoms with van der Waals surface area (Å²) >= 11 is 0. The lowest BCUT2D eigenvalue weighted by atomic mass is 10.2. The smallest absolute Gasteiger partial charge is 0.253 e. The van der Waals surface area contributed by atoms with Crippen LogP contribution in [0, 0.1) is 0 Å². The first-order valence-corrected chi connectivity index (χ1v) is 11.6. The van der Waals surface area contributed by atoms with Crippen molar-refractivity contribution in [1.29, 1.82) is 0 Å². The van der Waals surface area contributed by atoms with Crippen LogP contribution in [0.5, 0.6) is 5.75 Å². The second kappa shape index (κ2) is 10.3. The average molecular weight is 448 g/mol. The summed E-state index contributed by atoms with van der Waals surface area (Å²) in [6.07, 6.45) is 1.07. The SMILES string of the molecule is CC(C)Oc1cccc(CNC(=O)CN(c2ccc(C(=O)N(C)C)cc2)S(C)(=O)=O)c1. The standard InChI is InChI=1S/C22H29N3O5S/c1-16(2)30-20-8-6-7-17(13-20)14-23-21(26)15-25(31(5,28)29)19-11-9-18(10-12-19)22(27)24(3)4/h6-13,16H,14-15H2,1-5H3,(H,23,26). The first-order valence-electron chi connectivity index (χ1n) is 9.79. The molecule has 2 aromatic rings. The zero-order valence-corrected chi connectivity index (χ0v) is 19.3. The molecule has 0 aliphatic rings. The summed E-state index contributed by atoms with van der Waals surface area (Å²) in [7, 11) is -0.443. The summed E-state index contributed by atoms with van der Waals surface area (Å²) in [5, 5.41) is 2.73. The number of benzene rings is 2. The number of nitrogens with one attached hydrogen (secondary N) is 1. The van der Waals surface area contributed by atoms with Crippen molar-refractivity contribution >= 4 is 27.5 Å². The van der Waals surface area contributed by atoms with E-state index in [1.54, 1.807) is 14.1 Å². The Bertz CT molecular complexity index is 1020. The van der Waals surface area contributed by atoms with Crippen molar-refractivity contribution in [3.05, 3.63) is 59.7 Å². The number of carbonyl (C=O) groups is 2. The molecule has 9 heteroatoms. The van der Waals surface area contributed by atoms with Crippen molar-refractivity contribution in [2.45, 2.75) is 26.5 Å². The average Bonchev–Trinajstić information content (AvgIpc) is 2.69. The first kappa shape index (κ1) is 24.2. The van der Waals surface area contributed by atoms with Crippen LogP contribution < -0.4 is 14.4 Å². The molecule has 0 saturated heterocycles. The highest BCUT2D eigenvalue weighted by molar-refractivity contribution is 7.92. The van der Waals surface area contributed by atoms with Crippen molar-refractivity contribution in [3.8, 4) is 5.75 Å². The van der Waals surface area contributed by atoms with Gasteiger partial charge in [0.05, 0.1) is 18.0 Å². The number of rotatable bonds is 9. The first-order chi connectivity index (χ1) is 14.5. The predicted molar refractivity (Wildman–Crippen MR) is 121 cm³/mol. The van der Waals surface area contributed by atoms with Gasteiger partial charge in [-0.05, 0) is 55.8 Å². The molecule has 1 N–H and O–H groups in total. The Balaban J connectivity index is 2.08. The van der Waals surface area contributed by atoms with Crippen LogP contribution in [0.4, 0.5) is 5.69 Å². The summed E-state index contributed by atoms with van der Waals surface area (Å²) in [5.41, 5.74) is 1.57. The van der Waals surface area contributed by atoms with Gasteiger partial charge < -0.3 is 15.0 Å². The van der Waals surface area contributed by atoms with Gasteiger partial charge in [-0.2, -0.15) is 0 Å². The third-order valence-electron chi connectivity index (χ3n) is 4.26. The van der Waals surface area contributed by atoms with Gasteiger partial charge in [-0.1, -0.05) is 12.1 Å². The fraction of sp³-hybridized carbons (Fsp3) is 0.364. The normalized spacial score (nSPS) is 11.2. The molecule has 168 valence electrons. The molecule has 0 aromatic heterocycles. The molecule has 0 fully saturated rings. The van der Waals surface area contributed by atoms with Crippen molar-refractivity contribution < 1.29 is 22.7 Å². The van der Waals surface area contributed by atoms with Crippen LogP contribution in [0.25, 0.3) is 0 Å². The second-order valence-corrected chi connectivity index (χ2v) is 9.51. The molecule has 31 heavy (non-hydrogen) atoms. The highest BCUT2D eigenvalue weighted by atomic mass is 32.2. The number of hydrogen-bond acceptors (Lipinski definition) is 5. The van der Waals surface area contributed by atoms with E-state index in [0.717, 1.165) is 16.1 Å². The molecule has 0 bridgehead atoms. The highest BCUT2D eigenvalue weighted by Crippen LogP contribution is 2.19. The zero-order valence-electron chi connectivity index (χ0n) is 18.5. The van der Waals surface area contributed by atoms with Gasteiger partial charge in [-0.3, -0.25) is 13.9 Å². The van der Waals surface area contributed by atoms with E-state index in [4.69, 9.17) is 4.74 Å².